The molecule has 1 aliphatic carbocycles. The largest absolute Gasteiger partial charge is 0.471 e. The summed E-state index contributed by atoms with van der Waals surface area (Å²) in [5, 5.41) is 12.4. The number of fused-ring (bicyclic) bond motifs is 1. The predicted octanol–water partition coefficient (Wildman–Crippen LogP) is 2.89. The summed E-state index contributed by atoms with van der Waals surface area (Å²) in [5.41, 5.74) is 0.242. The fourth-order valence-corrected chi connectivity index (χ4v) is 3.22. The van der Waals surface area contributed by atoms with Gasteiger partial charge in [0.05, 0.1) is 12.6 Å². The summed E-state index contributed by atoms with van der Waals surface area (Å²) < 4.78 is 35.7. The molecule has 2 fully saturated rings. The lowest BCUT2D eigenvalue weighted by Gasteiger charge is -2.22. The third-order valence-electron chi connectivity index (χ3n) is 5.42. The van der Waals surface area contributed by atoms with Gasteiger partial charge in [-0.2, -0.15) is 18.4 Å². The van der Waals surface area contributed by atoms with E-state index < -0.39 is 30.6 Å². The van der Waals surface area contributed by atoms with E-state index in [1.807, 2.05) is 13.0 Å². The monoisotopic (exact) mass is 460 g/mol. The van der Waals surface area contributed by atoms with E-state index in [4.69, 9.17) is 5.26 Å². The van der Waals surface area contributed by atoms with Crippen molar-refractivity contribution < 1.29 is 27.6 Å². The maximum Gasteiger partial charge on any atom is 0.471 e. The van der Waals surface area contributed by atoms with Crippen LogP contribution < -0.4 is 10.6 Å². The highest BCUT2D eigenvalue weighted by molar-refractivity contribution is 5.87. The van der Waals surface area contributed by atoms with E-state index >= 15 is 0 Å². The smallest absolute Gasteiger partial charge is 0.342 e. The number of hydrogen-bond donors (Lipinski definition) is 2. The van der Waals surface area contributed by atoms with Crippen molar-refractivity contribution in [2.24, 2.45) is 29.1 Å². The minimum Gasteiger partial charge on any atom is -0.342 e. The Balaban J connectivity index is 0.000000581. The highest BCUT2D eigenvalue weighted by Gasteiger charge is 2.62. The summed E-state index contributed by atoms with van der Waals surface area (Å²) in [6.07, 6.45) is -2.78. The SMILES string of the molecule is C=CC(C)C(C#N)NC=O.CC(C)C.CC1(C)C2CN(C(=O)CNC(=O)C(F)(F)F)CC21. The standard InChI is InChI=1S/C11H15F3N2O2.C7H10N2O.C4H10/c1-10(2)6-4-16(5-7(6)10)8(17)3-15-9(18)11(12,13)14;1-3-6(2)7(4-8)9-5-10;1-4(2)3/h6-7H,3-5H2,1-2H3,(H,15,18);3,5-7H,1H2,2H3,(H,9,10);4H,1-3H3. The van der Waals surface area contributed by atoms with Crippen LogP contribution in [0.5, 0.6) is 0 Å². The molecule has 2 aliphatic rings. The van der Waals surface area contributed by atoms with Gasteiger partial charge in [0, 0.05) is 19.0 Å². The summed E-state index contributed by atoms with van der Waals surface area (Å²) in [6.45, 7) is 16.6. The van der Waals surface area contributed by atoms with Gasteiger partial charge in [-0.15, -0.1) is 6.58 Å². The number of nitrogens with zero attached hydrogens (tertiary/aromatic N) is 2. The number of rotatable bonds is 6. The van der Waals surface area contributed by atoms with Gasteiger partial charge in [-0.1, -0.05) is 47.6 Å². The molecular formula is C22H35F3N4O3. The molecule has 182 valence electrons. The number of halogens is 3. The quantitative estimate of drug-likeness (QED) is 0.470. The van der Waals surface area contributed by atoms with Gasteiger partial charge < -0.3 is 15.5 Å². The zero-order valence-electron chi connectivity index (χ0n) is 19.6. The second kappa shape index (κ2) is 12.5. The van der Waals surface area contributed by atoms with Crippen LogP contribution in [-0.4, -0.2) is 55.0 Å². The second-order valence-electron chi connectivity index (χ2n) is 9.23. The van der Waals surface area contributed by atoms with Crippen LogP contribution in [0.4, 0.5) is 13.2 Å². The van der Waals surface area contributed by atoms with Crippen LogP contribution in [0.15, 0.2) is 12.7 Å². The van der Waals surface area contributed by atoms with E-state index in [0.29, 0.717) is 31.3 Å². The lowest BCUT2D eigenvalue weighted by Crippen LogP contribution is -2.44. The van der Waals surface area contributed by atoms with Crippen LogP contribution in [0.1, 0.15) is 41.5 Å². The lowest BCUT2D eigenvalue weighted by molar-refractivity contribution is -0.174. The number of nitrogens with one attached hydrogen (secondary N) is 2. The highest BCUT2D eigenvalue weighted by atomic mass is 19.4. The molecule has 1 aliphatic heterocycles. The van der Waals surface area contributed by atoms with Crippen LogP contribution in [0.25, 0.3) is 0 Å². The van der Waals surface area contributed by atoms with Crippen molar-refractivity contribution in [3.05, 3.63) is 12.7 Å². The summed E-state index contributed by atoms with van der Waals surface area (Å²) >= 11 is 0. The number of nitriles is 1. The highest BCUT2D eigenvalue weighted by Crippen LogP contribution is 2.61. The van der Waals surface area contributed by atoms with Gasteiger partial charge in [0.1, 0.15) is 6.04 Å². The summed E-state index contributed by atoms with van der Waals surface area (Å²) in [5.74, 6) is -0.800. The third-order valence-corrected chi connectivity index (χ3v) is 5.42. The minimum absolute atomic E-state index is 0.00444. The van der Waals surface area contributed by atoms with Crippen LogP contribution in [-0.2, 0) is 14.4 Å². The molecule has 1 heterocycles. The fraction of sp³-hybridized carbons (Fsp3) is 0.727. The van der Waals surface area contributed by atoms with E-state index in [9.17, 15) is 27.6 Å². The molecule has 2 rings (SSSR count). The van der Waals surface area contributed by atoms with Crippen molar-refractivity contribution in [1.29, 1.82) is 5.26 Å². The molecule has 0 aromatic carbocycles. The first kappa shape index (κ1) is 29.4. The van der Waals surface area contributed by atoms with Crippen LogP contribution in [0.2, 0.25) is 0 Å². The Labute approximate surface area is 188 Å². The summed E-state index contributed by atoms with van der Waals surface area (Å²) in [7, 11) is 0. The van der Waals surface area contributed by atoms with Crippen LogP contribution in [0, 0.1) is 40.4 Å². The van der Waals surface area contributed by atoms with Gasteiger partial charge in [0.2, 0.25) is 12.3 Å². The molecule has 3 amide bonds. The molecular weight excluding hydrogens is 425 g/mol. The first-order valence-electron chi connectivity index (χ1n) is 10.5. The maximum atomic E-state index is 11.9. The van der Waals surface area contributed by atoms with Gasteiger partial charge in [0.15, 0.2) is 0 Å². The van der Waals surface area contributed by atoms with Crippen molar-refractivity contribution in [2.75, 3.05) is 19.6 Å². The number of carbonyl (C=O) groups is 3. The zero-order valence-corrected chi connectivity index (χ0v) is 19.6. The Kier molecular flexibility index (Phi) is 11.5. The molecule has 7 nitrogen and oxygen atoms in total. The van der Waals surface area contributed by atoms with E-state index in [1.165, 1.54) is 4.90 Å². The molecule has 32 heavy (non-hydrogen) atoms. The minimum atomic E-state index is -4.94. The number of carbonyl (C=O) groups excluding carboxylic acids is 3. The summed E-state index contributed by atoms with van der Waals surface area (Å²) in [4.78, 5) is 33.6. The Hall–Kier alpha value is -2.57. The van der Waals surface area contributed by atoms with E-state index in [1.54, 1.807) is 11.4 Å². The normalized spacial score (nSPS) is 21.8. The molecule has 4 unspecified atom stereocenters. The fourth-order valence-electron chi connectivity index (χ4n) is 3.22. The van der Waals surface area contributed by atoms with E-state index in [2.05, 4.69) is 46.5 Å². The second-order valence-corrected chi connectivity index (χ2v) is 9.23. The van der Waals surface area contributed by atoms with Crippen molar-refractivity contribution in [3.63, 3.8) is 0 Å². The number of hydrogen-bond acceptors (Lipinski definition) is 4. The molecule has 0 aromatic heterocycles. The Morgan fingerprint density at radius 1 is 1.22 bits per heavy atom. The number of piperidine rings is 1. The average Bonchev–Trinajstić information content (AvgIpc) is 3.03. The molecule has 4 atom stereocenters. The maximum absolute atomic E-state index is 11.9. The Bertz CT molecular complexity index is 685. The van der Waals surface area contributed by atoms with Crippen LogP contribution >= 0.6 is 0 Å². The topological polar surface area (TPSA) is 102 Å². The third kappa shape index (κ3) is 9.28. The molecule has 0 bridgehead atoms. The number of alkyl halides is 3. The average molecular weight is 461 g/mol. The van der Waals surface area contributed by atoms with Crippen molar-refractivity contribution in [2.45, 2.75) is 53.8 Å². The van der Waals surface area contributed by atoms with E-state index in [-0.39, 0.29) is 11.3 Å². The Morgan fingerprint density at radius 2 is 1.69 bits per heavy atom. The van der Waals surface area contributed by atoms with Gasteiger partial charge >= 0.3 is 12.1 Å². The zero-order chi connectivity index (χ0) is 25.3. The first-order valence-corrected chi connectivity index (χ1v) is 10.5. The molecule has 0 radical (unpaired) electrons. The van der Waals surface area contributed by atoms with Crippen molar-refractivity contribution >= 4 is 18.2 Å². The Morgan fingerprint density at radius 3 is 2.03 bits per heavy atom. The van der Waals surface area contributed by atoms with E-state index in [0.717, 1.165) is 5.92 Å². The van der Waals surface area contributed by atoms with Crippen molar-refractivity contribution in [1.82, 2.24) is 15.5 Å². The molecule has 10 heteroatoms. The predicted molar refractivity (Wildman–Crippen MR) is 115 cm³/mol. The van der Waals surface area contributed by atoms with Gasteiger partial charge in [-0.05, 0) is 23.2 Å². The molecule has 1 saturated carbocycles. The van der Waals surface area contributed by atoms with Gasteiger partial charge in [0.25, 0.3) is 0 Å². The first-order chi connectivity index (χ1) is 14.6. The number of amides is 3. The van der Waals surface area contributed by atoms with Gasteiger partial charge in [-0.25, -0.2) is 0 Å². The summed E-state index contributed by atoms with van der Waals surface area (Å²) in [6, 6.07) is 1.49. The van der Waals surface area contributed by atoms with Crippen LogP contribution in [0.3, 0.4) is 0 Å². The molecule has 1 saturated heterocycles. The molecule has 0 aromatic rings. The lowest BCUT2D eigenvalue weighted by atomic mass is 10.0. The van der Waals surface area contributed by atoms with Crippen molar-refractivity contribution in [3.8, 4) is 6.07 Å². The molecule has 2 N–H and O–H groups in total. The molecule has 0 spiro atoms. The number of likely N-dealkylation sites (tertiary alicyclic amines) is 1. The van der Waals surface area contributed by atoms with Gasteiger partial charge in [-0.3, -0.25) is 14.4 Å².